The Balaban J connectivity index is 1.96. The van der Waals surface area contributed by atoms with Crippen LogP contribution in [0.5, 0.6) is 5.75 Å². The second-order valence-corrected chi connectivity index (χ2v) is 6.82. The van der Waals surface area contributed by atoms with Crippen molar-refractivity contribution in [3.63, 3.8) is 0 Å². The average Bonchev–Trinajstić information content (AvgIpc) is 2.74. The number of esters is 2. The molecule has 0 radical (unpaired) electrons. The first-order valence-electron chi connectivity index (χ1n) is 9.44. The van der Waals surface area contributed by atoms with Crippen LogP contribution in [0.1, 0.15) is 12.5 Å². The van der Waals surface area contributed by atoms with Crippen molar-refractivity contribution >= 4 is 18.0 Å². The van der Waals surface area contributed by atoms with E-state index in [9.17, 15) is 35.1 Å². The quantitative estimate of drug-likeness (QED) is 0.227. The van der Waals surface area contributed by atoms with Crippen molar-refractivity contribution in [2.24, 2.45) is 0 Å². The topological polar surface area (TPSA) is 172 Å². The number of carbonyl (C=O) groups excluding carboxylic acids is 2. The first-order valence-corrected chi connectivity index (χ1v) is 9.44. The first kappa shape index (κ1) is 24.7. The molecule has 172 valence electrons. The monoisotopic (exact) mass is 442 g/mol. The number of hydrogen-bond donors (Lipinski definition) is 5. The smallest absolute Gasteiger partial charge is 0.331 e. The maximum Gasteiger partial charge on any atom is 0.331 e. The molecule has 1 aliphatic heterocycles. The van der Waals surface area contributed by atoms with Crippen LogP contribution in [0.2, 0.25) is 0 Å². The minimum absolute atomic E-state index is 0.0755. The molecular formula is C20H26O11. The van der Waals surface area contributed by atoms with Crippen molar-refractivity contribution in [3.8, 4) is 5.75 Å². The van der Waals surface area contributed by atoms with Gasteiger partial charge in [-0.25, -0.2) is 4.79 Å². The summed E-state index contributed by atoms with van der Waals surface area (Å²) >= 11 is 0. The molecule has 1 heterocycles. The van der Waals surface area contributed by atoms with E-state index in [4.69, 9.17) is 18.9 Å². The molecule has 1 aliphatic rings. The minimum Gasteiger partial charge on any atom is -0.508 e. The molecule has 0 spiro atoms. The van der Waals surface area contributed by atoms with Crippen LogP contribution in [-0.2, 0) is 28.5 Å². The molecule has 5 N–H and O–H groups in total. The summed E-state index contributed by atoms with van der Waals surface area (Å²) in [6, 6.07) is 6.06. The highest BCUT2D eigenvalue weighted by Crippen LogP contribution is 2.22. The van der Waals surface area contributed by atoms with Crippen LogP contribution >= 0.6 is 0 Å². The summed E-state index contributed by atoms with van der Waals surface area (Å²) in [5.74, 6) is -1.32. The molecule has 0 saturated carbocycles. The second-order valence-electron chi connectivity index (χ2n) is 6.82. The molecule has 0 aromatic heterocycles. The lowest BCUT2D eigenvalue weighted by molar-refractivity contribution is -0.305. The van der Waals surface area contributed by atoms with Gasteiger partial charge in [-0.05, 0) is 23.8 Å². The maximum absolute atomic E-state index is 12.1. The standard InChI is InChI=1S/C20H26O11/c1-11(22)28-9-14(30-16(24)7-4-12-2-5-13(23)6-3-12)10-29-20-19(27)18(26)17(25)15(8-21)31-20/h2-7,14-15,17-21,23,25-27H,8-10H2,1H3/t14-,15-,17-,18+,19-,20-/m1/s1. The highest BCUT2D eigenvalue weighted by molar-refractivity contribution is 5.87. The van der Waals surface area contributed by atoms with E-state index in [0.29, 0.717) is 5.56 Å². The Morgan fingerprint density at radius 1 is 1.10 bits per heavy atom. The summed E-state index contributed by atoms with van der Waals surface area (Å²) in [4.78, 5) is 23.2. The van der Waals surface area contributed by atoms with E-state index in [1.807, 2.05) is 0 Å². The van der Waals surface area contributed by atoms with Gasteiger partial charge in [0, 0.05) is 13.0 Å². The summed E-state index contributed by atoms with van der Waals surface area (Å²) in [6.45, 7) is -0.179. The Kier molecular flexibility index (Phi) is 9.37. The van der Waals surface area contributed by atoms with Gasteiger partial charge in [0.1, 0.15) is 36.8 Å². The normalized spacial score (nSPS) is 27.1. The molecule has 0 aliphatic carbocycles. The van der Waals surface area contributed by atoms with Crippen molar-refractivity contribution in [2.75, 3.05) is 19.8 Å². The predicted octanol–water partition coefficient (Wildman–Crippen LogP) is -1.30. The van der Waals surface area contributed by atoms with Gasteiger partial charge in [0.05, 0.1) is 13.2 Å². The number of benzene rings is 1. The number of phenols is 1. The van der Waals surface area contributed by atoms with Crippen LogP contribution in [0.15, 0.2) is 30.3 Å². The lowest BCUT2D eigenvalue weighted by atomic mass is 9.99. The van der Waals surface area contributed by atoms with Gasteiger partial charge in [0.2, 0.25) is 0 Å². The van der Waals surface area contributed by atoms with Crippen LogP contribution in [0.4, 0.5) is 0 Å². The molecule has 11 nitrogen and oxygen atoms in total. The maximum atomic E-state index is 12.1. The number of ether oxygens (including phenoxy) is 4. The molecule has 2 rings (SSSR count). The Morgan fingerprint density at radius 2 is 1.77 bits per heavy atom. The van der Waals surface area contributed by atoms with Crippen LogP contribution in [-0.4, -0.2) is 94.1 Å². The van der Waals surface area contributed by atoms with Gasteiger partial charge in [-0.2, -0.15) is 0 Å². The number of hydrogen-bond acceptors (Lipinski definition) is 11. The molecule has 0 bridgehead atoms. The molecule has 1 aromatic carbocycles. The lowest BCUT2D eigenvalue weighted by Crippen LogP contribution is -2.59. The third-order valence-corrected chi connectivity index (χ3v) is 4.36. The second kappa shape index (κ2) is 11.7. The highest BCUT2D eigenvalue weighted by atomic mass is 16.7. The number of carbonyl (C=O) groups is 2. The van der Waals surface area contributed by atoms with Crippen molar-refractivity contribution < 1.29 is 54.1 Å². The number of aromatic hydroxyl groups is 1. The molecule has 1 saturated heterocycles. The highest BCUT2D eigenvalue weighted by Gasteiger charge is 2.44. The molecule has 11 heteroatoms. The van der Waals surface area contributed by atoms with Crippen molar-refractivity contribution in [3.05, 3.63) is 35.9 Å². The summed E-state index contributed by atoms with van der Waals surface area (Å²) < 4.78 is 20.6. The van der Waals surface area contributed by atoms with Crippen LogP contribution in [0.3, 0.4) is 0 Å². The Hall–Kier alpha value is -2.54. The third-order valence-electron chi connectivity index (χ3n) is 4.36. The van der Waals surface area contributed by atoms with Gasteiger partial charge in [-0.3, -0.25) is 4.79 Å². The summed E-state index contributed by atoms with van der Waals surface area (Å²) in [5.41, 5.74) is 0.629. The van der Waals surface area contributed by atoms with E-state index in [1.165, 1.54) is 25.1 Å². The van der Waals surface area contributed by atoms with Gasteiger partial charge in [-0.1, -0.05) is 12.1 Å². The fourth-order valence-corrected chi connectivity index (χ4v) is 2.69. The zero-order valence-corrected chi connectivity index (χ0v) is 16.7. The van der Waals surface area contributed by atoms with Crippen LogP contribution in [0.25, 0.3) is 6.08 Å². The molecular weight excluding hydrogens is 416 g/mol. The molecule has 1 fully saturated rings. The van der Waals surface area contributed by atoms with E-state index in [1.54, 1.807) is 12.1 Å². The Morgan fingerprint density at radius 3 is 2.39 bits per heavy atom. The van der Waals surface area contributed by atoms with E-state index < -0.39 is 55.4 Å². The van der Waals surface area contributed by atoms with Gasteiger partial charge in [0.15, 0.2) is 12.4 Å². The minimum atomic E-state index is -1.63. The van der Waals surface area contributed by atoms with Crippen molar-refractivity contribution in [1.29, 1.82) is 0 Å². The number of aliphatic hydroxyl groups excluding tert-OH is 4. The van der Waals surface area contributed by atoms with Gasteiger partial charge in [0.25, 0.3) is 0 Å². The largest absolute Gasteiger partial charge is 0.508 e. The molecule has 6 atom stereocenters. The van der Waals surface area contributed by atoms with Crippen LogP contribution < -0.4 is 0 Å². The van der Waals surface area contributed by atoms with Gasteiger partial charge >= 0.3 is 11.9 Å². The zero-order valence-electron chi connectivity index (χ0n) is 16.7. The molecule has 0 unspecified atom stereocenters. The number of phenolic OH excluding ortho intramolecular Hbond substituents is 1. The van der Waals surface area contributed by atoms with Crippen molar-refractivity contribution in [2.45, 2.75) is 43.7 Å². The third kappa shape index (κ3) is 7.58. The van der Waals surface area contributed by atoms with Gasteiger partial charge in [-0.15, -0.1) is 0 Å². The van der Waals surface area contributed by atoms with Crippen molar-refractivity contribution in [1.82, 2.24) is 0 Å². The van der Waals surface area contributed by atoms with Gasteiger partial charge < -0.3 is 44.5 Å². The summed E-state index contributed by atoms with van der Waals surface area (Å²) in [6.07, 6.45) is -5.89. The Bertz CT molecular complexity index is 746. The summed E-state index contributed by atoms with van der Waals surface area (Å²) in [7, 11) is 0. The number of aliphatic hydroxyl groups is 4. The first-order chi connectivity index (χ1) is 14.7. The van der Waals surface area contributed by atoms with E-state index in [0.717, 1.165) is 6.08 Å². The predicted molar refractivity (Wildman–Crippen MR) is 103 cm³/mol. The molecule has 1 aromatic rings. The SMILES string of the molecule is CC(=O)OC[C@H](CO[C@@H]1O[C@H](CO)[C@@H](O)[C@H](O)[C@H]1O)OC(=O)C=Cc1ccc(O)cc1. The molecule has 31 heavy (non-hydrogen) atoms. The summed E-state index contributed by atoms with van der Waals surface area (Å²) in [5, 5.41) is 48.1. The van der Waals surface area contributed by atoms with E-state index >= 15 is 0 Å². The Labute approximate surface area is 178 Å². The average molecular weight is 442 g/mol. The fourth-order valence-electron chi connectivity index (χ4n) is 2.69. The van der Waals surface area contributed by atoms with E-state index in [2.05, 4.69) is 0 Å². The molecule has 0 amide bonds. The zero-order chi connectivity index (χ0) is 23.0. The fraction of sp³-hybridized carbons (Fsp3) is 0.500. The lowest BCUT2D eigenvalue weighted by Gasteiger charge is -2.39. The van der Waals surface area contributed by atoms with Crippen LogP contribution in [0, 0.1) is 0 Å². The van der Waals surface area contributed by atoms with E-state index in [-0.39, 0.29) is 19.0 Å². The number of rotatable bonds is 9.